The molecule has 82 valence electrons. The van der Waals surface area contributed by atoms with Crippen LogP contribution in [0.4, 0.5) is 0 Å². The molecule has 0 aliphatic carbocycles. The number of ether oxygens (including phenoxy) is 1. The molecule has 0 radical (unpaired) electrons. The zero-order valence-corrected chi connectivity index (χ0v) is 9.71. The van der Waals surface area contributed by atoms with E-state index in [0.717, 1.165) is 17.7 Å². The number of fused-ring (bicyclic) bond motifs is 1. The fourth-order valence-corrected chi connectivity index (χ4v) is 2.10. The topological polar surface area (TPSA) is 29.5 Å². The van der Waals surface area contributed by atoms with Gasteiger partial charge in [0.05, 0.1) is 6.10 Å². The Morgan fingerprint density at radius 1 is 1.60 bits per heavy atom. The summed E-state index contributed by atoms with van der Waals surface area (Å²) in [5.41, 5.74) is 0.536. The Balaban J connectivity index is 2.41. The van der Waals surface area contributed by atoms with Crippen molar-refractivity contribution in [3.05, 3.63) is 28.8 Å². The fraction of sp³-hybridized carbons (Fsp3) is 0.500. The van der Waals surface area contributed by atoms with Crippen molar-refractivity contribution >= 4 is 11.6 Å². The second-order valence-corrected chi connectivity index (χ2v) is 4.74. The van der Waals surface area contributed by atoms with Gasteiger partial charge in [0, 0.05) is 17.0 Å². The molecule has 1 N–H and O–H groups in total. The highest BCUT2D eigenvalue weighted by Gasteiger charge is 2.35. The molecule has 15 heavy (non-hydrogen) atoms. The summed E-state index contributed by atoms with van der Waals surface area (Å²) in [6, 6.07) is 5.39. The van der Waals surface area contributed by atoms with Crippen LogP contribution in [0.2, 0.25) is 5.02 Å². The Kier molecular flexibility index (Phi) is 2.65. The average Bonchev–Trinajstić information content (AvgIpc) is 2.20. The number of benzene rings is 1. The van der Waals surface area contributed by atoms with Gasteiger partial charge in [0.15, 0.2) is 0 Å². The maximum absolute atomic E-state index is 10.0. The average molecular weight is 227 g/mol. The van der Waals surface area contributed by atoms with Crippen LogP contribution in [0, 0.1) is 0 Å². The highest BCUT2D eigenvalue weighted by atomic mass is 35.5. The van der Waals surface area contributed by atoms with Gasteiger partial charge in [-0.05, 0) is 31.5 Å². The van der Waals surface area contributed by atoms with E-state index >= 15 is 0 Å². The maximum atomic E-state index is 10.0. The summed E-state index contributed by atoms with van der Waals surface area (Å²) < 4.78 is 5.88. The lowest BCUT2D eigenvalue weighted by molar-refractivity contribution is -0.00375. The number of rotatable bonds is 1. The number of halogens is 1. The van der Waals surface area contributed by atoms with Gasteiger partial charge >= 0.3 is 0 Å². The van der Waals surface area contributed by atoms with Crippen LogP contribution in [-0.2, 0) is 0 Å². The Bertz CT molecular complexity index is 378. The number of hydrogen-bond acceptors (Lipinski definition) is 2. The van der Waals surface area contributed by atoms with E-state index in [9.17, 15) is 5.11 Å². The van der Waals surface area contributed by atoms with Gasteiger partial charge in [-0.25, -0.2) is 0 Å². The van der Waals surface area contributed by atoms with Crippen LogP contribution in [0.15, 0.2) is 18.2 Å². The van der Waals surface area contributed by atoms with E-state index in [-0.39, 0.29) is 5.60 Å². The second kappa shape index (κ2) is 3.69. The van der Waals surface area contributed by atoms with Crippen LogP contribution in [0.1, 0.15) is 38.4 Å². The zero-order valence-electron chi connectivity index (χ0n) is 8.96. The van der Waals surface area contributed by atoms with E-state index < -0.39 is 6.10 Å². The smallest absolute Gasteiger partial charge is 0.126 e. The molecule has 0 fully saturated rings. The highest BCUT2D eigenvalue weighted by Crippen LogP contribution is 2.41. The van der Waals surface area contributed by atoms with Gasteiger partial charge in [-0.3, -0.25) is 0 Å². The number of aliphatic hydroxyl groups excluding tert-OH is 1. The molecule has 2 rings (SSSR count). The van der Waals surface area contributed by atoms with Crippen LogP contribution >= 0.6 is 11.6 Å². The van der Waals surface area contributed by atoms with Crippen molar-refractivity contribution in [2.45, 2.75) is 38.4 Å². The molecule has 0 aromatic heterocycles. The van der Waals surface area contributed by atoms with Gasteiger partial charge in [-0.2, -0.15) is 0 Å². The van der Waals surface area contributed by atoms with Crippen molar-refractivity contribution in [2.24, 2.45) is 0 Å². The van der Waals surface area contributed by atoms with Crippen LogP contribution in [0.25, 0.3) is 0 Å². The zero-order chi connectivity index (χ0) is 11.1. The quantitative estimate of drug-likeness (QED) is 0.796. The Hall–Kier alpha value is -0.730. The van der Waals surface area contributed by atoms with Gasteiger partial charge < -0.3 is 9.84 Å². The van der Waals surface area contributed by atoms with E-state index in [1.807, 2.05) is 13.0 Å². The summed E-state index contributed by atoms with van der Waals surface area (Å²) in [5.74, 6) is 0.752. The summed E-state index contributed by atoms with van der Waals surface area (Å²) in [7, 11) is 0. The van der Waals surface area contributed by atoms with Crippen LogP contribution in [0.3, 0.4) is 0 Å². The van der Waals surface area contributed by atoms with Crippen molar-refractivity contribution in [1.82, 2.24) is 0 Å². The summed E-state index contributed by atoms with van der Waals surface area (Å²) in [4.78, 5) is 0. The van der Waals surface area contributed by atoms with E-state index in [2.05, 4.69) is 6.92 Å². The second-order valence-electron chi connectivity index (χ2n) is 4.31. The third-order valence-electron chi connectivity index (χ3n) is 3.06. The molecule has 0 amide bonds. The Labute approximate surface area is 94.8 Å². The minimum atomic E-state index is -0.475. The predicted octanol–water partition coefficient (Wildman–Crippen LogP) is 3.32. The molecular weight excluding hydrogens is 212 g/mol. The minimum absolute atomic E-state index is 0.264. The summed E-state index contributed by atoms with van der Waals surface area (Å²) in [6.07, 6.45) is 1.03. The lowest BCUT2D eigenvalue weighted by Gasteiger charge is -2.37. The van der Waals surface area contributed by atoms with E-state index in [4.69, 9.17) is 16.3 Å². The van der Waals surface area contributed by atoms with Crippen molar-refractivity contribution in [3.63, 3.8) is 0 Å². The maximum Gasteiger partial charge on any atom is 0.126 e. The molecule has 1 heterocycles. The normalized spacial score (nSPS) is 29.5. The molecule has 1 aliphatic heterocycles. The monoisotopic (exact) mass is 226 g/mol. The molecule has 0 saturated heterocycles. The highest BCUT2D eigenvalue weighted by molar-refractivity contribution is 6.30. The van der Waals surface area contributed by atoms with Gasteiger partial charge in [-0.15, -0.1) is 0 Å². The van der Waals surface area contributed by atoms with Crippen LogP contribution < -0.4 is 4.74 Å². The Morgan fingerprint density at radius 3 is 3.00 bits per heavy atom. The van der Waals surface area contributed by atoms with E-state index in [0.29, 0.717) is 11.4 Å². The molecule has 1 aromatic carbocycles. The largest absolute Gasteiger partial charge is 0.487 e. The lowest BCUT2D eigenvalue weighted by Crippen LogP contribution is -2.37. The lowest BCUT2D eigenvalue weighted by atomic mass is 9.88. The minimum Gasteiger partial charge on any atom is -0.487 e. The van der Waals surface area contributed by atoms with Gasteiger partial charge in [-0.1, -0.05) is 18.5 Å². The summed E-state index contributed by atoms with van der Waals surface area (Å²) in [6.45, 7) is 4.08. The standard InChI is InChI=1S/C12H15ClO2/c1-3-12(2)7-10(14)9-6-8(13)4-5-11(9)15-12/h4-6,10,14H,3,7H2,1-2H3/t10-,12?/m1/s1. The number of aliphatic hydroxyl groups is 1. The molecular formula is C12H15ClO2. The molecule has 1 aromatic rings. The van der Waals surface area contributed by atoms with Crippen molar-refractivity contribution in [2.75, 3.05) is 0 Å². The molecule has 2 nitrogen and oxygen atoms in total. The van der Waals surface area contributed by atoms with Crippen LogP contribution in [0.5, 0.6) is 5.75 Å². The van der Waals surface area contributed by atoms with Gasteiger partial charge in [0.1, 0.15) is 11.4 Å². The SMILES string of the molecule is CCC1(C)C[C@@H](O)c2cc(Cl)ccc2O1. The summed E-state index contributed by atoms with van der Waals surface area (Å²) >= 11 is 5.88. The molecule has 3 heteroatoms. The van der Waals surface area contributed by atoms with Crippen LogP contribution in [-0.4, -0.2) is 10.7 Å². The third-order valence-corrected chi connectivity index (χ3v) is 3.30. The molecule has 2 atom stereocenters. The molecule has 1 aliphatic rings. The van der Waals surface area contributed by atoms with Gasteiger partial charge in [0.2, 0.25) is 0 Å². The van der Waals surface area contributed by atoms with E-state index in [1.165, 1.54) is 0 Å². The first-order chi connectivity index (χ1) is 7.04. The molecule has 0 bridgehead atoms. The first-order valence-electron chi connectivity index (χ1n) is 5.20. The molecule has 0 spiro atoms. The number of hydrogen-bond donors (Lipinski definition) is 1. The van der Waals surface area contributed by atoms with Crippen molar-refractivity contribution < 1.29 is 9.84 Å². The summed E-state index contributed by atoms with van der Waals surface area (Å²) in [5, 5.41) is 10.6. The molecule has 1 unspecified atom stereocenters. The molecule has 0 saturated carbocycles. The van der Waals surface area contributed by atoms with Crippen molar-refractivity contribution in [1.29, 1.82) is 0 Å². The first-order valence-corrected chi connectivity index (χ1v) is 5.58. The third kappa shape index (κ3) is 1.97. The fourth-order valence-electron chi connectivity index (χ4n) is 1.92. The van der Waals surface area contributed by atoms with Crippen molar-refractivity contribution in [3.8, 4) is 5.75 Å². The van der Waals surface area contributed by atoms with Gasteiger partial charge in [0.25, 0.3) is 0 Å². The van der Waals surface area contributed by atoms with E-state index in [1.54, 1.807) is 12.1 Å². The predicted molar refractivity (Wildman–Crippen MR) is 60.4 cm³/mol. The first kappa shape index (κ1) is 10.8. The Morgan fingerprint density at radius 2 is 2.33 bits per heavy atom.